The SMILES string of the molecule is CCOC(=O)/C=C(\C)C[C@@H]1OC[C@H](C/C=C/[C@@H](C)[C@H](C)O)[C@@H](O)[C@H]1O. The van der Waals surface area contributed by atoms with Crippen LogP contribution in [0, 0.1) is 11.8 Å². The van der Waals surface area contributed by atoms with Gasteiger partial charge < -0.3 is 24.8 Å². The van der Waals surface area contributed by atoms with Crippen LogP contribution in [0.4, 0.5) is 0 Å². The molecule has 1 rings (SSSR count). The first-order chi connectivity index (χ1) is 11.8. The van der Waals surface area contributed by atoms with E-state index in [1.807, 2.05) is 19.1 Å². The Hall–Kier alpha value is -1.21. The molecule has 1 aliphatic rings. The molecule has 3 N–H and O–H groups in total. The third kappa shape index (κ3) is 7.28. The topological polar surface area (TPSA) is 96.2 Å². The molecule has 6 nitrogen and oxygen atoms in total. The maximum absolute atomic E-state index is 11.4. The summed E-state index contributed by atoms with van der Waals surface area (Å²) in [6.45, 7) is 7.80. The molecule has 6 atom stereocenters. The summed E-state index contributed by atoms with van der Waals surface area (Å²) in [7, 11) is 0. The van der Waals surface area contributed by atoms with Gasteiger partial charge in [0, 0.05) is 12.0 Å². The summed E-state index contributed by atoms with van der Waals surface area (Å²) in [5.41, 5.74) is 0.735. The molecule has 1 fully saturated rings. The van der Waals surface area contributed by atoms with E-state index in [9.17, 15) is 20.1 Å². The number of aliphatic hydroxyl groups excluding tert-OH is 3. The van der Waals surface area contributed by atoms with E-state index >= 15 is 0 Å². The fraction of sp³-hybridized carbons (Fsp3) is 0.737. The van der Waals surface area contributed by atoms with Crippen molar-refractivity contribution in [3.8, 4) is 0 Å². The lowest BCUT2D eigenvalue weighted by Crippen LogP contribution is -2.50. The van der Waals surface area contributed by atoms with Crippen molar-refractivity contribution in [1.29, 1.82) is 0 Å². The van der Waals surface area contributed by atoms with Crippen LogP contribution in [0.5, 0.6) is 0 Å². The molecule has 0 aromatic rings. The second-order valence-electron chi connectivity index (χ2n) is 6.82. The molecule has 0 amide bonds. The second kappa shape index (κ2) is 10.7. The highest BCUT2D eigenvalue weighted by atomic mass is 16.5. The highest BCUT2D eigenvalue weighted by Gasteiger charge is 2.37. The van der Waals surface area contributed by atoms with Crippen molar-refractivity contribution in [3.63, 3.8) is 0 Å². The predicted molar refractivity (Wildman–Crippen MR) is 94.9 cm³/mol. The second-order valence-corrected chi connectivity index (χ2v) is 6.82. The number of hydrogen-bond donors (Lipinski definition) is 3. The number of ether oxygens (including phenoxy) is 2. The third-order valence-electron chi connectivity index (χ3n) is 4.55. The number of esters is 1. The van der Waals surface area contributed by atoms with Gasteiger partial charge in [0.15, 0.2) is 0 Å². The van der Waals surface area contributed by atoms with Gasteiger partial charge in [-0.1, -0.05) is 24.6 Å². The van der Waals surface area contributed by atoms with Crippen molar-refractivity contribution >= 4 is 5.97 Å². The molecule has 1 aliphatic heterocycles. The van der Waals surface area contributed by atoms with E-state index in [1.165, 1.54) is 6.08 Å². The Balaban J connectivity index is 2.54. The molecular formula is C19H32O6. The highest BCUT2D eigenvalue weighted by molar-refractivity contribution is 5.82. The van der Waals surface area contributed by atoms with Crippen LogP contribution in [0.25, 0.3) is 0 Å². The van der Waals surface area contributed by atoms with Crippen molar-refractivity contribution in [2.45, 2.75) is 65.0 Å². The van der Waals surface area contributed by atoms with Crippen molar-refractivity contribution in [1.82, 2.24) is 0 Å². The molecule has 144 valence electrons. The quantitative estimate of drug-likeness (QED) is 0.347. The van der Waals surface area contributed by atoms with E-state index in [0.29, 0.717) is 26.1 Å². The van der Waals surface area contributed by atoms with E-state index in [0.717, 1.165) is 5.57 Å². The van der Waals surface area contributed by atoms with Crippen LogP contribution >= 0.6 is 0 Å². The fourth-order valence-electron chi connectivity index (χ4n) is 2.72. The molecule has 0 aromatic carbocycles. The minimum absolute atomic E-state index is 0.0370. The van der Waals surface area contributed by atoms with E-state index in [-0.39, 0.29) is 11.8 Å². The number of carbonyl (C=O) groups excluding carboxylic acids is 1. The standard InChI is InChI=1S/C19H32O6/c1-5-24-17(21)10-12(2)9-16-19(23)18(22)15(11-25-16)8-6-7-13(3)14(4)20/h6-7,10,13-16,18-20,22-23H,5,8-9,11H2,1-4H3/b7-6+,12-10+/t13-,14+,15+,16+,18-,19+/m1/s1. The summed E-state index contributed by atoms with van der Waals surface area (Å²) in [6, 6.07) is 0. The molecule has 1 saturated heterocycles. The lowest BCUT2D eigenvalue weighted by Gasteiger charge is -2.37. The minimum Gasteiger partial charge on any atom is -0.463 e. The first-order valence-electron chi connectivity index (χ1n) is 8.92. The Bertz CT molecular complexity index is 471. The maximum atomic E-state index is 11.4. The Morgan fingerprint density at radius 3 is 2.60 bits per heavy atom. The first-order valence-corrected chi connectivity index (χ1v) is 8.92. The first kappa shape index (κ1) is 21.8. The summed E-state index contributed by atoms with van der Waals surface area (Å²) < 4.78 is 10.6. The number of carbonyl (C=O) groups is 1. The molecule has 0 bridgehead atoms. The van der Waals surface area contributed by atoms with Crippen molar-refractivity contribution in [2.75, 3.05) is 13.2 Å². The number of allylic oxidation sites excluding steroid dienone is 1. The molecule has 6 heteroatoms. The van der Waals surface area contributed by atoms with Crippen LogP contribution in [0.1, 0.15) is 40.5 Å². The fourth-order valence-corrected chi connectivity index (χ4v) is 2.72. The smallest absolute Gasteiger partial charge is 0.330 e. The number of aliphatic hydroxyl groups is 3. The van der Waals surface area contributed by atoms with Gasteiger partial charge in [0.1, 0.15) is 6.10 Å². The molecule has 0 saturated carbocycles. The van der Waals surface area contributed by atoms with Crippen LogP contribution in [-0.2, 0) is 14.3 Å². The number of rotatable bonds is 8. The zero-order chi connectivity index (χ0) is 19.0. The molecule has 0 unspecified atom stereocenters. The minimum atomic E-state index is -1.01. The van der Waals surface area contributed by atoms with Crippen molar-refractivity contribution in [3.05, 3.63) is 23.8 Å². The molecular weight excluding hydrogens is 324 g/mol. The van der Waals surface area contributed by atoms with Gasteiger partial charge in [-0.2, -0.15) is 0 Å². The summed E-state index contributed by atoms with van der Waals surface area (Å²) in [5.74, 6) is -0.575. The van der Waals surface area contributed by atoms with E-state index < -0.39 is 30.4 Å². The molecule has 0 aliphatic carbocycles. The number of hydrogen-bond acceptors (Lipinski definition) is 6. The molecule has 0 spiro atoms. The maximum Gasteiger partial charge on any atom is 0.330 e. The van der Waals surface area contributed by atoms with Crippen molar-refractivity contribution < 1.29 is 29.6 Å². The Labute approximate surface area is 150 Å². The van der Waals surface area contributed by atoms with Crippen LogP contribution < -0.4 is 0 Å². The van der Waals surface area contributed by atoms with Crippen LogP contribution in [0.3, 0.4) is 0 Å². The lowest BCUT2D eigenvalue weighted by atomic mass is 9.87. The van der Waals surface area contributed by atoms with Crippen LogP contribution in [0.2, 0.25) is 0 Å². The van der Waals surface area contributed by atoms with Gasteiger partial charge in [-0.3, -0.25) is 0 Å². The van der Waals surface area contributed by atoms with Gasteiger partial charge >= 0.3 is 5.97 Å². The zero-order valence-corrected chi connectivity index (χ0v) is 15.6. The van der Waals surface area contributed by atoms with Gasteiger partial charge in [0.25, 0.3) is 0 Å². The molecule has 25 heavy (non-hydrogen) atoms. The summed E-state index contributed by atoms with van der Waals surface area (Å²) >= 11 is 0. The monoisotopic (exact) mass is 356 g/mol. The normalized spacial score (nSPS) is 30.3. The van der Waals surface area contributed by atoms with Gasteiger partial charge in [0.05, 0.1) is 31.5 Å². The molecule has 0 radical (unpaired) electrons. The molecule has 0 aromatic heterocycles. The van der Waals surface area contributed by atoms with E-state index in [1.54, 1.807) is 20.8 Å². The van der Waals surface area contributed by atoms with Crippen LogP contribution in [0.15, 0.2) is 23.8 Å². The highest BCUT2D eigenvalue weighted by Crippen LogP contribution is 2.27. The van der Waals surface area contributed by atoms with Gasteiger partial charge in [-0.05, 0) is 39.5 Å². The lowest BCUT2D eigenvalue weighted by molar-refractivity contribution is -0.162. The Morgan fingerprint density at radius 2 is 2.00 bits per heavy atom. The Morgan fingerprint density at radius 1 is 1.32 bits per heavy atom. The summed E-state index contributed by atoms with van der Waals surface area (Å²) in [4.78, 5) is 11.4. The predicted octanol–water partition coefficient (Wildman–Crippen LogP) is 1.59. The Kier molecular flexibility index (Phi) is 9.35. The average molecular weight is 356 g/mol. The van der Waals surface area contributed by atoms with Gasteiger partial charge in [-0.25, -0.2) is 4.79 Å². The van der Waals surface area contributed by atoms with Gasteiger partial charge in [-0.15, -0.1) is 0 Å². The average Bonchev–Trinajstić information content (AvgIpc) is 2.53. The summed E-state index contributed by atoms with van der Waals surface area (Å²) in [6.07, 6.45) is 3.27. The third-order valence-corrected chi connectivity index (χ3v) is 4.55. The van der Waals surface area contributed by atoms with Crippen LogP contribution in [-0.4, -0.2) is 58.9 Å². The zero-order valence-electron chi connectivity index (χ0n) is 15.6. The van der Waals surface area contributed by atoms with Gasteiger partial charge in [0.2, 0.25) is 0 Å². The van der Waals surface area contributed by atoms with E-state index in [4.69, 9.17) is 9.47 Å². The molecule has 1 heterocycles. The largest absolute Gasteiger partial charge is 0.463 e. The van der Waals surface area contributed by atoms with E-state index in [2.05, 4.69) is 0 Å². The summed E-state index contributed by atoms with van der Waals surface area (Å²) in [5, 5.41) is 30.1. The van der Waals surface area contributed by atoms with Crippen molar-refractivity contribution in [2.24, 2.45) is 11.8 Å².